The van der Waals surface area contributed by atoms with Crippen LogP contribution in [0, 0.1) is 5.41 Å². The van der Waals surface area contributed by atoms with E-state index < -0.39 is 0 Å². The fraction of sp³-hybridized carbons (Fsp3) is 1.00. The molecule has 0 aromatic carbocycles. The second-order valence-corrected chi connectivity index (χ2v) is 9.46. The van der Waals surface area contributed by atoms with Crippen LogP contribution in [0.25, 0.3) is 0 Å². The van der Waals surface area contributed by atoms with Crippen LogP contribution in [0.2, 0.25) is 0 Å². The second-order valence-electron chi connectivity index (χ2n) is 9.46. The highest BCUT2D eigenvalue weighted by atomic mass is 15.2. The Balaban J connectivity index is 1.94. The third-order valence-corrected chi connectivity index (χ3v) is 4.98. The van der Waals surface area contributed by atoms with Crippen molar-refractivity contribution in [3.8, 4) is 0 Å². The van der Waals surface area contributed by atoms with E-state index in [0.717, 1.165) is 6.04 Å². The van der Waals surface area contributed by atoms with Crippen molar-refractivity contribution < 1.29 is 0 Å². The van der Waals surface area contributed by atoms with Crippen molar-refractivity contribution in [3.05, 3.63) is 0 Å². The number of nitrogens with zero attached hydrogens (tertiary/aromatic N) is 1. The number of nitrogens with one attached hydrogen (secondary N) is 1. The Hall–Kier alpha value is -0.0800. The van der Waals surface area contributed by atoms with Crippen LogP contribution in [-0.2, 0) is 0 Å². The lowest BCUT2D eigenvalue weighted by molar-refractivity contribution is 0.0963. The maximum absolute atomic E-state index is 3.78. The van der Waals surface area contributed by atoms with Crippen molar-refractivity contribution in [2.75, 3.05) is 19.6 Å². The van der Waals surface area contributed by atoms with Gasteiger partial charge in [-0.15, -0.1) is 0 Å². The zero-order valence-corrected chi connectivity index (χ0v) is 16.3. The first kappa shape index (κ1) is 20.0. The van der Waals surface area contributed by atoms with Gasteiger partial charge in [-0.2, -0.15) is 0 Å². The molecule has 0 amide bonds. The molecule has 0 atom stereocenters. The van der Waals surface area contributed by atoms with E-state index in [1.807, 2.05) is 0 Å². The monoisotopic (exact) mass is 310 g/mol. The zero-order valence-electron chi connectivity index (χ0n) is 16.3. The largest absolute Gasteiger partial charge is 0.314 e. The van der Waals surface area contributed by atoms with Crippen LogP contribution in [0.15, 0.2) is 0 Å². The van der Waals surface area contributed by atoms with E-state index in [4.69, 9.17) is 0 Å². The van der Waals surface area contributed by atoms with Gasteiger partial charge in [0.15, 0.2) is 0 Å². The van der Waals surface area contributed by atoms with Crippen LogP contribution >= 0.6 is 0 Å². The first-order valence-corrected chi connectivity index (χ1v) is 9.67. The Morgan fingerprint density at radius 1 is 0.818 bits per heavy atom. The summed E-state index contributed by atoms with van der Waals surface area (Å²) >= 11 is 0. The molecule has 1 N–H and O–H groups in total. The molecular weight excluding hydrogens is 268 g/mol. The van der Waals surface area contributed by atoms with Crippen molar-refractivity contribution in [3.63, 3.8) is 0 Å². The summed E-state index contributed by atoms with van der Waals surface area (Å²) in [6, 6.07) is 0.763. The normalized spacial score (nSPS) is 18.8. The maximum Gasteiger partial charge on any atom is 0.0125 e. The molecule has 2 heteroatoms. The van der Waals surface area contributed by atoms with Gasteiger partial charge in [0.25, 0.3) is 0 Å². The lowest BCUT2D eigenvalue weighted by Gasteiger charge is -2.41. The Labute approximate surface area is 140 Å². The molecule has 1 heterocycles. The molecule has 1 rings (SSSR count). The van der Waals surface area contributed by atoms with Crippen molar-refractivity contribution in [2.24, 2.45) is 5.41 Å². The molecule has 22 heavy (non-hydrogen) atoms. The summed E-state index contributed by atoms with van der Waals surface area (Å²) in [4.78, 5) is 2.63. The summed E-state index contributed by atoms with van der Waals surface area (Å²) in [6.07, 6.45) is 11.0. The van der Waals surface area contributed by atoms with E-state index in [9.17, 15) is 0 Å². The fourth-order valence-corrected chi connectivity index (χ4v) is 3.37. The van der Waals surface area contributed by atoms with E-state index in [-0.39, 0.29) is 0 Å². The molecule has 2 nitrogen and oxygen atoms in total. The predicted molar refractivity (Wildman–Crippen MR) is 99.5 cm³/mol. The highest BCUT2D eigenvalue weighted by Gasteiger charge is 2.26. The summed E-state index contributed by atoms with van der Waals surface area (Å²) in [5.41, 5.74) is 0.863. The van der Waals surface area contributed by atoms with Gasteiger partial charge in [-0.25, -0.2) is 0 Å². The summed E-state index contributed by atoms with van der Waals surface area (Å²) in [5, 5.41) is 3.78. The molecule has 1 aliphatic rings. The van der Waals surface area contributed by atoms with Gasteiger partial charge in [0.2, 0.25) is 0 Å². The summed E-state index contributed by atoms with van der Waals surface area (Å²) in [7, 11) is 0. The number of unbranched alkanes of at least 4 members (excludes halogenated alkanes) is 4. The van der Waals surface area contributed by atoms with Gasteiger partial charge in [0, 0.05) is 24.7 Å². The van der Waals surface area contributed by atoms with Crippen LogP contribution < -0.4 is 5.32 Å². The average molecular weight is 311 g/mol. The van der Waals surface area contributed by atoms with E-state index in [0.29, 0.717) is 11.0 Å². The van der Waals surface area contributed by atoms with E-state index >= 15 is 0 Å². The molecule has 0 spiro atoms. The molecule has 0 bridgehead atoms. The van der Waals surface area contributed by atoms with Crippen molar-refractivity contribution >= 4 is 0 Å². The smallest absolute Gasteiger partial charge is 0.0125 e. The van der Waals surface area contributed by atoms with Crippen molar-refractivity contribution in [2.45, 2.75) is 104 Å². The van der Waals surface area contributed by atoms with Gasteiger partial charge in [-0.1, -0.05) is 46.5 Å². The van der Waals surface area contributed by atoms with Gasteiger partial charge in [-0.05, 0) is 58.4 Å². The third kappa shape index (κ3) is 9.15. The molecule has 0 saturated carbocycles. The Bertz CT molecular complexity index is 277. The minimum absolute atomic E-state index is 0.345. The number of hydrogen-bond donors (Lipinski definition) is 1. The highest BCUT2D eigenvalue weighted by Crippen LogP contribution is 2.22. The molecule has 132 valence electrons. The predicted octanol–water partition coefficient (Wildman–Crippen LogP) is 5.23. The Morgan fingerprint density at radius 3 is 1.91 bits per heavy atom. The fourth-order valence-electron chi connectivity index (χ4n) is 3.37. The van der Waals surface area contributed by atoms with Crippen LogP contribution in [0.3, 0.4) is 0 Å². The van der Waals surface area contributed by atoms with Crippen LogP contribution in [0.5, 0.6) is 0 Å². The van der Waals surface area contributed by atoms with E-state index in [2.05, 4.69) is 51.8 Å². The number of piperidine rings is 1. The lowest BCUT2D eigenvalue weighted by Crippen LogP contribution is -2.50. The first-order chi connectivity index (χ1) is 10.2. The van der Waals surface area contributed by atoms with Crippen molar-refractivity contribution in [1.82, 2.24) is 10.2 Å². The van der Waals surface area contributed by atoms with E-state index in [1.165, 1.54) is 71.0 Å². The molecule has 0 radical (unpaired) electrons. The van der Waals surface area contributed by atoms with Crippen LogP contribution in [-0.4, -0.2) is 36.1 Å². The molecule has 0 aromatic rings. The van der Waals surface area contributed by atoms with Crippen LogP contribution in [0.1, 0.15) is 92.9 Å². The minimum atomic E-state index is 0.345. The van der Waals surface area contributed by atoms with Gasteiger partial charge in [-0.3, -0.25) is 4.90 Å². The van der Waals surface area contributed by atoms with Gasteiger partial charge >= 0.3 is 0 Å². The number of hydrogen-bond acceptors (Lipinski definition) is 2. The van der Waals surface area contributed by atoms with Crippen LogP contribution in [0.4, 0.5) is 0 Å². The standard InChI is InChI=1S/C20H42N2/c1-19(2,3)14-10-8-7-9-11-15-21-18-12-16-22(17-13-18)20(4,5)6/h18,21H,7-17H2,1-6H3. The summed E-state index contributed by atoms with van der Waals surface area (Å²) < 4.78 is 0. The summed E-state index contributed by atoms with van der Waals surface area (Å²) in [6.45, 7) is 17.8. The highest BCUT2D eigenvalue weighted by molar-refractivity contribution is 4.84. The first-order valence-electron chi connectivity index (χ1n) is 9.67. The van der Waals surface area contributed by atoms with Crippen molar-refractivity contribution in [1.29, 1.82) is 0 Å². The number of likely N-dealkylation sites (tertiary alicyclic amines) is 1. The van der Waals surface area contributed by atoms with Gasteiger partial charge in [0.05, 0.1) is 0 Å². The second kappa shape index (κ2) is 9.27. The molecule has 1 fully saturated rings. The minimum Gasteiger partial charge on any atom is -0.314 e. The zero-order chi connectivity index (χ0) is 16.6. The average Bonchev–Trinajstić information content (AvgIpc) is 2.40. The molecule has 0 aromatic heterocycles. The molecule has 1 aliphatic heterocycles. The van der Waals surface area contributed by atoms with E-state index in [1.54, 1.807) is 0 Å². The topological polar surface area (TPSA) is 15.3 Å². The number of rotatable bonds is 8. The summed E-state index contributed by atoms with van der Waals surface area (Å²) in [5.74, 6) is 0. The third-order valence-electron chi connectivity index (χ3n) is 4.98. The SMILES string of the molecule is CC(C)(C)CCCCCCCNC1CCN(C(C)(C)C)CC1. The van der Waals surface area contributed by atoms with Gasteiger partial charge < -0.3 is 5.32 Å². The van der Waals surface area contributed by atoms with Gasteiger partial charge in [0.1, 0.15) is 0 Å². The molecular formula is C20H42N2. The maximum atomic E-state index is 3.78. The Morgan fingerprint density at radius 2 is 1.36 bits per heavy atom. The molecule has 0 unspecified atom stereocenters. The quantitative estimate of drug-likeness (QED) is 0.618. The molecule has 0 aliphatic carbocycles. The Kier molecular flexibility index (Phi) is 8.42. The lowest BCUT2D eigenvalue weighted by atomic mass is 9.89. The molecule has 1 saturated heterocycles.